The van der Waals surface area contributed by atoms with Gasteiger partial charge in [0.1, 0.15) is 11.9 Å². The fourth-order valence-corrected chi connectivity index (χ4v) is 3.36. The van der Waals surface area contributed by atoms with Gasteiger partial charge < -0.3 is 10.1 Å². The van der Waals surface area contributed by atoms with E-state index < -0.39 is 0 Å². The number of rotatable bonds is 5. The minimum absolute atomic E-state index is 0.311. The van der Waals surface area contributed by atoms with E-state index in [-0.39, 0.29) is 0 Å². The summed E-state index contributed by atoms with van der Waals surface area (Å²) in [6, 6.07) is 6.85. The molecule has 1 aliphatic rings. The monoisotopic (exact) mass is 275 g/mol. The maximum atomic E-state index is 6.38. The van der Waals surface area contributed by atoms with Crippen LogP contribution in [0.4, 0.5) is 0 Å². The van der Waals surface area contributed by atoms with Crippen molar-refractivity contribution in [1.82, 2.24) is 5.32 Å². The Morgan fingerprint density at radius 3 is 2.75 bits per heavy atom. The summed E-state index contributed by atoms with van der Waals surface area (Å²) in [5.74, 6) is 1.90. The second-order valence-electron chi connectivity index (χ2n) is 6.22. The molecule has 0 saturated heterocycles. The van der Waals surface area contributed by atoms with Gasteiger partial charge in [0, 0.05) is 6.04 Å². The molecule has 112 valence electrons. The highest BCUT2D eigenvalue weighted by atomic mass is 16.5. The first-order valence-corrected chi connectivity index (χ1v) is 8.05. The third-order valence-corrected chi connectivity index (χ3v) is 4.80. The molecule has 0 bridgehead atoms. The van der Waals surface area contributed by atoms with Gasteiger partial charge in [0.15, 0.2) is 0 Å². The normalized spacial score (nSPS) is 26.5. The molecule has 2 nitrogen and oxygen atoms in total. The van der Waals surface area contributed by atoms with Crippen LogP contribution in [0.5, 0.6) is 5.75 Å². The Labute approximate surface area is 123 Å². The third kappa shape index (κ3) is 3.54. The maximum Gasteiger partial charge on any atom is 0.122 e. The first-order chi connectivity index (χ1) is 9.65. The molecule has 0 heterocycles. The van der Waals surface area contributed by atoms with E-state index in [1.165, 1.54) is 43.2 Å². The smallest absolute Gasteiger partial charge is 0.122 e. The maximum absolute atomic E-state index is 6.38. The number of hydrogen-bond donors (Lipinski definition) is 1. The molecule has 3 unspecified atom stereocenters. The standard InChI is InChI=1S/C18H29NO/c1-5-7-15-10-11-16(19-4)18(12-15)20-17-9-6-8-13(2)14(17)3/h6,8-9,15-16,18-19H,5,7,10-12H2,1-4H3. The molecular formula is C18H29NO. The largest absolute Gasteiger partial charge is 0.489 e. The van der Waals surface area contributed by atoms with Crippen molar-refractivity contribution in [3.63, 3.8) is 0 Å². The molecule has 3 atom stereocenters. The lowest BCUT2D eigenvalue weighted by atomic mass is 9.81. The Bertz CT molecular complexity index is 429. The molecule has 1 saturated carbocycles. The van der Waals surface area contributed by atoms with Crippen molar-refractivity contribution in [1.29, 1.82) is 0 Å². The van der Waals surface area contributed by atoms with Gasteiger partial charge in [-0.15, -0.1) is 0 Å². The van der Waals surface area contributed by atoms with Crippen molar-refractivity contribution in [3.8, 4) is 5.75 Å². The van der Waals surface area contributed by atoms with Gasteiger partial charge in [0.05, 0.1) is 0 Å². The Morgan fingerprint density at radius 1 is 1.25 bits per heavy atom. The first-order valence-electron chi connectivity index (χ1n) is 8.05. The van der Waals surface area contributed by atoms with E-state index in [2.05, 4.69) is 51.3 Å². The van der Waals surface area contributed by atoms with Crippen molar-refractivity contribution in [2.24, 2.45) is 5.92 Å². The van der Waals surface area contributed by atoms with Gasteiger partial charge in [-0.3, -0.25) is 0 Å². The van der Waals surface area contributed by atoms with E-state index in [0.717, 1.165) is 11.7 Å². The second-order valence-corrected chi connectivity index (χ2v) is 6.22. The topological polar surface area (TPSA) is 21.3 Å². The number of ether oxygens (including phenoxy) is 1. The van der Waals surface area contributed by atoms with Crippen LogP contribution in [-0.4, -0.2) is 19.2 Å². The molecule has 2 rings (SSSR count). The highest BCUT2D eigenvalue weighted by molar-refractivity contribution is 5.38. The van der Waals surface area contributed by atoms with Gasteiger partial charge in [-0.05, 0) is 63.3 Å². The van der Waals surface area contributed by atoms with Gasteiger partial charge in [0.2, 0.25) is 0 Å². The summed E-state index contributed by atoms with van der Waals surface area (Å²) < 4.78 is 6.38. The summed E-state index contributed by atoms with van der Waals surface area (Å²) in [7, 11) is 2.06. The van der Waals surface area contributed by atoms with Crippen LogP contribution in [0.2, 0.25) is 0 Å². The molecule has 1 aromatic rings. The lowest BCUT2D eigenvalue weighted by Crippen LogP contribution is -2.45. The molecular weight excluding hydrogens is 246 g/mol. The van der Waals surface area contributed by atoms with Crippen LogP contribution in [0.3, 0.4) is 0 Å². The number of aryl methyl sites for hydroxylation is 1. The van der Waals surface area contributed by atoms with E-state index in [0.29, 0.717) is 12.1 Å². The van der Waals surface area contributed by atoms with Gasteiger partial charge in [-0.2, -0.15) is 0 Å². The first kappa shape index (κ1) is 15.4. The highest BCUT2D eigenvalue weighted by Gasteiger charge is 2.31. The summed E-state index contributed by atoms with van der Waals surface area (Å²) >= 11 is 0. The number of likely N-dealkylation sites (N-methyl/N-ethyl adjacent to an activating group) is 1. The summed E-state index contributed by atoms with van der Waals surface area (Å²) in [4.78, 5) is 0. The van der Waals surface area contributed by atoms with E-state index in [9.17, 15) is 0 Å². The van der Waals surface area contributed by atoms with Gasteiger partial charge in [-0.1, -0.05) is 31.9 Å². The SMILES string of the molecule is CCCC1CCC(NC)C(Oc2cccc(C)c2C)C1. The molecule has 1 fully saturated rings. The van der Waals surface area contributed by atoms with Crippen molar-refractivity contribution in [2.45, 2.75) is 65.0 Å². The van der Waals surface area contributed by atoms with Crippen LogP contribution in [0, 0.1) is 19.8 Å². The fourth-order valence-electron chi connectivity index (χ4n) is 3.36. The lowest BCUT2D eigenvalue weighted by Gasteiger charge is -2.36. The van der Waals surface area contributed by atoms with Crippen LogP contribution < -0.4 is 10.1 Å². The average Bonchev–Trinajstić information content (AvgIpc) is 2.45. The van der Waals surface area contributed by atoms with Gasteiger partial charge >= 0.3 is 0 Å². The molecule has 0 aromatic heterocycles. The van der Waals surface area contributed by atoms with Gasteiger partial charge in [0.25, 0.3) is 0 Å². The van der Waals surface area contributed by atoms with Crippen LogP contribution in [0.1, 0.15) is 50.2 Å². The molecule has 0 amide bonds. The minimum atomic E-state index is 0.311. The average molecular weight is 275 g/mol. The zero-order valence-electron chi connectivity index (χ0n) is 13.4. The summed E-state index contributed by atoms with van der Waals surface area (Å²) in [6.45, 7) is 6.59. The molecule has 1 N–H and O–H groups in total. The summed E-state index contributed by atoms with van der Waals surface area (Å²) in [5, 5.41) is 3.45. The third-order valence-electron chi connectivity index (χ3n) is 4.80. The second kappa shape index (κ2) is 7.12. The highest BCUT2D eigenvalue weighted by Crippen LogP contribution is 2.32. The predicted octanol–water partition coefficient (Wildman–Crippen LogP) is 4.24. The molecule has 0 aliphatic heterocycles. The van der Waals surface area contributed by atoms with E-state index in [4.69, 9.17) is 4.74 Å². The van der Waals surface area contributed by atoms with Crippen LogP contribution >= 0.6 is 0 Å². The quantitative estimate of drug-likeness (QED) is 0.868. The van der Waals surface area contributed by atoms with Crippen molar-refractivity contribution in [2.75, 3.05) is 7.05 Å². The zero-order valence-corrected chi connectivity index (χ0v) is 13.4. The van der Waals surface area contributed by atoms with Gasteiger partial charge in [-0.25, -0.2) is 0 Å². The van der Waals surface area contributed by atoms with Crippen molar-refractivity contribution < 1.29 is 4.74 Å². The van der Waals surface area contributed by atoms with Crippen LogP contribution in [0.15, 0.2) is 18.2 Å². The fraction of sp³-hybridized carbons (Fsp3) is 0.667. The van der Waals surface area contributed by atoms with Crippen molar-refractivity contribution in [3.05, 3.63) is 29.3 Å². The lowest BCUT2D eigenvalue weighted by molar-refractivity contribution is 0.0859. The Balaban J connectivity index is 2.09. The van der Waals surface area contributed by atoms with Crippen LogP contribution in [0.25, 0.3) is 0 Å². The Morgan fingerprint density at radius 2 is 2.05 bits per heavy atom. The summed E-state index contributed by atoms with van der Waals surface area (Å²) in [5.41, 5.74) is 2.59. The molecule has 2 heteroatoms. The molecule has 1 aliphatic carbocycles. The Kier molecular flexibility index (Phi) is 5.47. The minimum Gasteiger partial charge on any atom is -0.489 e. The van der Waals surface area contributed by atoms with E-state index >= 15 is 0 Å². The molecule has 0 radical (unpaired) electrons. The Hall–Kier alpha value is -1.02. The van der Waals surface area contributed by atoms with E-state index in [1.54, 1.807) is 0 Å². The molecule has 20 heavy (non-hydrogen) atoms. The van der Waals surface area contributed by atoms with E-state index in [1.807, 2.05) is 0 Å². The summed E-state index contributed by atoms with van der Waals surface area (Å²) in [6.07, 6.45) is 6.69. The number of hydrogen-bond acceptors (Lipinski definition) is 2. The molecule has 0 spiro atoms. The van der Waals surface area contributed by atoms with Crippen molar-refractivity contribution >= 4 is 0 Å². The zero-order chi connectivity index (χ0) is 14.5. The van der Waals surface area contributed by atoms with Crippen LogP contribution in [-0.2, 0) is 0 Å². The molecule has 1 aromatic carbocycles. The number of nitrogens with one attached hydrogen (secondary N) is 1. The number of benzene rings is 1. The predicted molar refractivity (Wildman–Crippen MR) is 85.4 cm³/mol.